The molecule has 0 bridgehead atoms. The van der Waals surface area contributed by atoms with Crippen LogP contribution >= 0.6 is 0 Å². The third-order valence-electron chi connectivity index (χ3n) is 8.86. The molecule has 1 aliphatic heterocycles. The number of hydrogen-bond acceptors (Lipinski definition) is 2. The Balaban J connectivity index is 1.18. The Labute approximate surface area is 263 Å². The second kappa shape index (κ2) is 11.4. The van der Waals surface area contributed by atoms with Gasteiger partial charge < -0.3 is 10.1 Å². The van der Waals surface area contributed by atoms with Crippen LogP contribution in [0.4, 0.5) is 0 Å². The van der Waals surface area contributed by atoms with Crippen molar-refractivity contribution in [3.8, 4) is 28.0 Å². The second-order valence-corrected chi connectivity index (χ2v) is 11.5. The molecule has 2 heteroatoms. The third-order valence-corrected chi connectivity index (χ3v) is 8.86. The smallest absolute Gasteiger partial charge is 0.134 e. The number of rotatable bonds is 5. The molecule has 0 amide bonds. The van der Waals surface area contributed by atoms with E-state index in [1.807, 2.05) is 18.2 Å². The molecular weight excluding hydrogens is 546 g/mol. The van der Waals surface area contributed by atoms with Gasteiger partial charge >= 0.3 is 0 Å². The summed E-state index contributed by atoms with van der Waals surface area (Å²) in [5, 5.41) is 16.2. The molecule has 1 aliphatic rings. The van der Waals surface area contributed by atoms with E-state index in [9.17, 15) is 0 Å². The summed E-state index contributed by atoms with van der Waals surface area (Å²) < 4.78 is 6.11. The van der Waals surface area contributed by atoms with Crippen LogP contribution in [0.1, 0.15) is 17.5 Å². The van der Waals surface area contributed by atoms with Crippen molar-refractivity contribution in [3.63, 3.8) is 0 Å². The van der Waals surface area contributed by atoms with Crippen LogP contribution in [0.2, 0.25) is 0 Å². The highest BCUT2D eigenvalue weighted by atomic mass is 16.5. The Morgan fingerprint density at radius 1 is 0.578 bits per heavy atom. The monoisotopic (exact) mass is 577 g/mol. The summed E-state index contributed by atoms with van der Waals surface area (Å²) in [7, 11) is 0. The Morgan fingerprint density at radius 2 is 1.18 bits per heavy atom. The fourth-order valence-electron chi connectivity index (χ4n) is 6.78. The van der Waals surface area contributed by atoms with Gasteiger partial charge in [0.2, 0.25) is 0 Å². The van der Waals surface area contributed by atoms with Crippen molar-refractivity contribution in [2.75, 3.05) is 6.61 Å². The van der Waals surface area contributed by atoms with Gasteiger partial charge in [0, 0.05) is 17.4 Å². The molecule has 0 fully saturated rings. The van der Waals surface area contributed by atoms with Crippen molar-refractivity contribution in [3.05, 3.63) is 169 Å². The van der Waals surface area contributed by atoms with Crippen LogP contribution in [0.5, 0.6) is 5.75 Å². The van der Waals surface area contributed by atoms with Gasteiger partial charge in [-0.05, 0) is 72.5 Å². The maximum absolute atomic E-state index is 8.99. The fraction of sp³-hybridized carbons (Fsp3) is 0.0465. The summed E-state index contributed by atoms with van der Waals surface area (Å²) in [6.45, 7) is 0.658. The van der Waals surface area contributed by atoms with Gasteiger partial charge in [0.15, 0.2) is 0 Å². The van der Waals surface area contributed by atoms with E-state index in [4.69, 9.17) is 10.1 Å². The Morgan fingerprint density at radius 3 is 1.89 bits per heavy atom. The van der Waals surface area contributed by atoms with Gasteiger partial charge in [0.05, 0.1) is 12.3 Å². The first-order chi connectivity index (χ1) is 22.3. The predicted molar refractivity (Wildman–Crippen MR) is 190 cm³/mol. The fourth-order valence-corrected chi connectivity index (χ4v) is 6.78. The van der Waals surface area contributed by atoms with Gasteiger partial charge in [-0.1, -0.05) is 146 Å². The van der Waals surface area contributed by atoms with E-state index in [1.54, 1.807) is 0 Å². The SMILES string of the molecule is N=C(/C=C\C=C1/CCOc2c1ccc1ccccc21)c1cccc(-c2c3ccccc3c(-c3ccccc3)c3ccccc23)c1. The Kier molecular flexibility index (Phi) is 6.81. The molecule has 45 heavy (non-hydrogen) atoms. The molecule has 0 aromatic heterocycles. The number of allylic oxidation sites excluding steroid dienone is 3. The number of benzene rings is 7. The molecule has 0 spiro atoms. The first kappa shape index (κ1) is 26.9. The highest BCUT2D eigenvalue weighted by Gasteiger charge is 2.18. The number of fused-ring (bicyclic) bond motifs is 5. The van der Waals surface area contributed by atoms with E-state index in [0.29, 0.717) is 12.3 Å². The number of nitrogens with one attached hydrogen (secondary N) is 1. The quantitative estimate of drug-likeness (QED) is 0.160. The van der Waals surface area contributed by atoms with E-state index >= 15 is 0 Å². The molecule has 7 aromatic carbocycles. The van der Waals surface area contributed by atoms with Gasteiger partial charge in [0.25, 0.3) is 0 Å². The van der Waals surface area contributed by atoms with E-state index < -0.39 is 0 Å². The normalized spacial score (nSPS) is 13.8. The largest absolute Gasteiger partial charge is 0.492 e. The first-order valence-electron chi connectivity index (χ1n) is 15.5. The van der Waals surface area contributed by atoms with Gasteiger partial charge in [-0.3, -0.25) is 0 Å². The molecule has 1 heterocycles. The number of ether oxygens (including phenoxy) is 1. The van der Waals surface area contributed by atoms with Crippen molar-refractivity contribution in [2.45, 2.75) is 6.42 Å². The van der Waals surface area contributed by atoms with Gasteiger partial charge in [-0.15, -0.1) is 0 Å². The van der Waals surface area contributed by atoms with Gasteiger partial charge in [-0.2, -0.15) is 0 Å². The Bertz CT molecular complexity index is 2250. The minimum Gasteiger partial charge on any atom is -0.492 e. The van der Waals surface area contributed by atoms with Crippen molar-refractivity contribution in [1.29, 1.82) is 5.41 Å². The lowest BCUT2D eigenvalue weighted by Crippen LogP contribution is -2.08. The zero-order valence-corrected chi connectivity index (χ0v) is 24.8. The molecule has 0 atom stereocenters. The van der Waals surface area contributed by atoms with E-state index in [0.717, 1.165) is 34.2 Å². The second-order valence-electron chi connectivity index (χ2n) is 11.5. The summed E-state index contributed by atoms with van der Waals surface area (Å²) in [6.07, 6.45) is 6.89. The van der Waals surface area contributed by atoms with Crippen LogP contribution in [-0.4, -0.2) is 12.3 Å². The van der Waals surface area contributed by atoms with Crippen LogP contribution in [0.15, 0.2) is 158 Å². The zero-order valence-electron chi connectivity index (χ0n) is 24.8. The average molecular weight is 578 g/mol. The Hall–Kier alpha value is -5.73. The average Bonchev–Trinajstić information content (AvgIpc) is 3.11. The van der Waals surface area contributed by atoms with Gasteiger partial charge in [0.1, 0.15) is 5.75 Å². The topological polar surface area (TPSA) is 33.1 Å². The zero-order chi connectivity index (χ0) is 30.2. The van der Waals surface area contributed by atoms with Crippen molar-refractivity contribution in [2.24, 2.45) is 0 Å². The van der Waals surface area contributed by atoms with Gasteiger partial charge in [-0.25, -0.2) is 0 Å². The maximum Gasteiger partial charge on any atom is 0.134 e. The first-order valence-corrected chi connectivity index (χ1v) is 15.5. The molecule has 8 rings (SSSR count). The highest BCUT2D eigenvalue weighted by Crippen LogP contribution is 2.44. The van der Waals surface area contributed by atoms with E-state index in [-0.39, 0.29) is 0 Å². The van der Waals surface area contributed by atoms with Crippen LogP contribution in [-0.2, 0) is 0 Å². The third kappa shape index (κ3) is 4.81. The van der Waals surface area contributed by atoms with Crippen molar-refractivity contribution >= 4 is 43.6 Å². The summed E-state index contributed by atoms with van der Waals surface area (Å²) in [6, 6.07) is 49.2. The van der Waals surface area contributed by atoms with Crippen LogP contribution in [0, 0.1) is 5.41 Å². The molecule has 0 aliphatic carbocycles. The van der Waals surface area contributed by atoms with Crippen LogP contribution in [0.25, 0.3) is 60.1 Å². The summed E-state index contributed by atoms with van der Waals surface area (Å²) in [4.78, 5) is 0. The predicted octanol–water partition coefficient (Wildman–Crippen LogP) is 11.3. The molecular formula is C43H31NO. The summed E-state index contributed by atoms with van der Waals surface area (Å²) >= 11 is 0. The van der Waals surface area contributed by atoms with E-state index in [2.05, 4.69) is 140 Å². The molecule has 1 N–H and O–H groups in total. The standard InChI is InChI=1S/C43H31NO/c44-40(23-11-15-30-26-27-45-43-34-18-5-4-12-29(34)24-25-35(30)43)32-16-10-17-33(28-32)42-38-21-8-6-19-36(38)41(31-13-2-1-3-14-31)37-20-7-9-22-39(37)42/h1-25,28,44H,26-27H2/b23-11-,30-15+,44-40?. The maximum atomic E-state index is 8.99. The molecule has 0 unspecified atom stereocenters. The molecule has 0 radical (unpaired) electrons. The van der Waals surface area contributed by atoms with Crippen molar-refractivity contribution < 1.29 is 4.74 Å². The molecule has 2 nitrogen and oxygen atoms in total. The molecule has 7 aromatic rings. The highest BCUT2D eigenvalue weighted by molar-refractivity contribution is 6.21. The molecule has 0 saturated heterocycles. The lowest BCUT2D eigenvalue weighted by Gasteiger charge is -2.21. The minimum atomic E-state index is 0.481. The van der Waals surface area contributed by atoms with Crippen LogP contribution < -0.4 is 4.74 Å². The lowest BCUT2D eigenvalue weighted by atomic mass is 9.85. The summed E-state index contributed by atoms with van der Waals surface area (Å²) in [5.41, 5.74) is 8.52. The van der Waals surface area contributed by atoms with Crippen molar-refractivity contribution in [1.82, 2.24) is 0 Å². The lowest BCUT2D eigenvalue weighted by molar-refractivity contribution is 0.320. The summed E-state index contributed by atoms with van der Waals surface area (Å²) in [5.74, 6) is 0.958. The molecule has 214 valence electrons. The number of hydrogen-bond donors (Lipinski definition) is 1. The van der Waals surface area contributed by atoms with Crippen LogP contribution in [0.3, 0.4) is 0 Å². The van der Waals surface area contributed by atoms with E-state index in [1.165, 1.54) is 49.2 Å². The minimum absolute atomic E-state index is 0.481. The molecule has 0 saturated carbocycles.